The molecule has 0 radical (unpaired) electrons. The average molecular weight is 272 g/mol. The van der Waals surface area contributed by atoms with E-state index in [9.17, 15) is 14.4 Å². The topological polar surface area (TPSA) is 95.5 Å². The normalized spacial score (nSPS) is 12.6. The maximum Gasteiger partial charge on any atom is 0.308 e. The molecule has 0 fully saturated rings. The first kappa shape index (κ1) is 17.4. The highest BCUT2D eigenvalue weighted by atomic mass is 16.4. The first-order valence-electron chi connectivity index (χ1n) is 6.46. The van der Waals surface area contributed by atoms with E-state index in [0.29, 0.717) is 6.42 Å². The summed E-state index contributed by atoms with van der Waals surface area (Å²) in [4.78, 5) is 33.7. The second-order valence-electron chi connectivity index (χ2n) is 5.50. The van der Waals surface area contributed by atoms with Gasteiger partial charge in [-0.2, -0.15) is 0 Å². The number of hydrogen-bond donors (Lipinski definition) is 3. The molecule has 0 saturated carbocycles. The van der Waals surface area contributed by atoms with Gasteiger partial charge in [-0.15, -0.1) is 0 Å². The van der Waals surface area contributed by atoms with Crippen molar-refractivity contribution in [2.75, 3.05) is 13.1 Å². The van der Waals surface area contributed by atoms with E-state index in [1.165, 1.54) is 0 Å². The predicted octanol–water partition coefficient (Wildman–Crippen LogP) is 0.766. The summed E-state index contributed by atoms with van der Waals surface area (Å²) >= 11 is 0. The molecule has 0 rings (SSSR count). The fourth-order valence-corrected chi connectivity index (χ4v) is 1.29. The maximum atomic E-state index is 11.5. The summed E-state index contributed by atoms with van der Waals surface area (Å²) in [6.45, 7) is 7.52. The highest BCUT2D eigenvalue weighted by molar-refractivity contribution is 5.82. The van der Waals surface area contributed by atoms with Crippen LogP contribution in [0.1, 0.15) is 40.5 Å². The van der Waals surface area contributed by atoms with Gasteiger partial charge in [0.1, 0.15) is 0 Å². The zero-order valence-corrected chi connectivity index (χ0v) is 12.1. The second kappa shape index (κ2) is 7.76. The molecular formula is C13H24N2O4. The molecule has 0 aliphatic carbocycles. The Morgan fingerprint density at radius 1 is 1.16 bits per heavy atom. The molecule has 0 saturated heterocycles. The van der Waals surface area contributed by atoms with Gasteiger partial charge in [0, 0.05) is 24.9 Å². The van der Waals surface area contributed by atoms with E-state index in [-0.39, 0.29) is 31.3 Å². The first-order valence-corrected chi connectivity index (χ1v) is 6.46. The standard InChI is InChI=1S/C13H24N2O4/c1-5-9(11(17)18)8-15-10(16)6-7-14-12(19)13(2,3)4/h9H,5-8H2,1-4H3,(H,14,19)(H,15,16)(H,17,18). The summed E-state index contributed by atoms with van der Waals surface area (Å²) in [6.07, 6.45) is 0.619. The van der Waals surface area contributed by atoms with E-state index >= 15 is 0 Å². The van der Waals surface area contributed by atoms with Crippen molar-refractivity contribution in [2.45, 2.75) is 40.5 Å². The van der Waals surface area contributed by atoms with Crippen LogP contribution in [0.3, 0.4) is 0 Å². The van der Waals surface area contributed by atoms with Crippen LogP contribution in [-0.4, -0.2) is 36.0 Å². The smallest absolute Gasteiger partial charge is 0.308 e. The van der Waals surface area contributed by atoms with Crippen molar-refractivity contribution in [2.24, 2.45) is 11.3 Å². The molecule has 2 amide bonds. The van der Waals surface area contributed by atoms with E-state index in [4.69, 9.17) is 5.11 Å². The van der Waals surface area contributed by atoms with Gasteiger partial charge in [-0.1, -0.05) is 27.7 Å². The zero-order chi connectivity index (χ0) is 15.1. The lowest BCUT2D eigenvalue weighted by atomic mass is 9.96. The van der Waals surface area contributed by atoms with Crippen LogP contribution in [0.2, 0.25) is 0 Å². The van der Waals surface area contributed by atoms with Crippen molar-refractivity contribution < 1.29 is 19.5 Å². The number of nitrogens with one attached hydrogen (secondary N) is 2. The van der Waals surface area contributed by atoms with E-state index in [1.807, 2.05) is 0 Å². The van der Waals surface area contributed by atoms with E-state index in [1.54, 1.807) is 27.7 Å². The largest absolute Gasteiger partial charge is 0.481 e. The van der Waals surface area contributed by atoms with Crippen molar-refractivity contribution in [1.82, 2.24) is 10.6 Å². The van der Waals surface area contributed by atoms with Gasteiger partial charge in [0.15, 0.2) is 0 Å². The predicted molar refractivity (Wildman–Crippen MR) is 71.5 cm³/mol. The van der Waals surface area contributed by atoms with Crippen molar-refractivity contribution in [3.05, 3.63) is 0 Å². The van der Waals surface area contributed by atoms with Crippen LogP contribution in [0.15, 0.2) is 0 Å². The third-order valence-electron chi connectivity index (χ3n) is 2.71. The zero-order valence-electron chi connectivity index (χ0n) is 12.1. The molecule has 0 aliphatic heterocycles. The Balaban J connectivity index is 3.89. The minimum absolute atomic E-state index is 0.114. The van der Waals surface area contributed by atoms with Gasteiger partial charge in [0.2, 0.25) is 11.8 Å². The summed E-state index contributed by atoms with van der Waals surface area (Å²) in [7, 11) is 0. The van der Waals surface area contributed by atoms with Gasteiger partial charge < -0.3 is 15.7 Å². The van der Waals surface area contributed by atoms with E-state index in [2.05, 4.69) is 10.6 Å². The van der Waals surface area contributed by atoms with Crippen LogP contribution in [-0.2, 0) is 14.4 Å². The number of aliphatic carboxylic acids is 1. The summed E-state index contributed by atoms with van der Waals surface area (Å²) in [5.74, 6) is -1.84. The van der Waals surface area contributed by atoms with Gasteiger partial charge in [-0.25, -0.2) is 0 Å². The molecule has 3 N–H and O–H groups in total. The number of amides is 2. The molecule has 1 atom stereocenters. The minimum Gasteiger partial charge on any atom is -0.481 e. The Labute approximate surface area is 113 Å². The fourth-order valence-electron chi connectivity index (χ4n) is 1.29. The van der Waals surface area contributed by atoms with Crippen LogP contribution in [0.25, 0.3) is 0 Å². The van der Waals surface area contributed by atoms with Crippen LogP contribution < -0.4 is 10.6 Å². The van der Waals surface area contributed by atoms with Crippen molar-refractivity contribution >= 4 is 17.8 Å². The molecule has 1 unspecified atom stereocenters. The molecule has 19 heavy (non-hydrogen) atoms. The molecule has 0 bridgehead atoms. The Hall–Kier alpha value is -1.59. The second-order valence-corrected chi connectivity index (χ2v) is 5.50. The average Bonchev–Trinajstić information content (AvgIpc) is 2.27. The molecule has 0 spiro atoms. The number of rotatable bonds is 7. The Morgan fingerprint density at radius 3 is 2.16 bits per heavy atom. The summed E-state index contributed by atoms with van der Waals surface area (Å²) < 4.78 is 0. The van der Waals surface area contributed by atoms with Crippen LogP contribution in [0.5, 0.6) is 0 Å². The molecule has 6 nitrogen and oxygen atoms in total. The molecule has 0 aliphatic rings. The lowest BCUT2D eigenvalue weighted by Gasteiger charge is -2.17. The van der Waals surface area contributed by atoms with Crippen LogP contribution in [0.4, 0.5) is 0 Å². The first-order chi connectivity index (χ1) is 8.68. The summed E-state index contributed by atoms with van der Waals surface area (Å²) in [6, 6.07) is 0. The molecule has 0 aromatic heterocycles. The van der Waals surface area contributed by atoms with Gasteiger partial charge in [0.25, 0.3) is 0 Å². The number of carboxylic acid groups (broad SMARTS) is 1. The summed E-state index contributed by atoms with van der Waals surface area (Å²) in [5, 5.41) is 14.0. The lowest BCUT2D eigenvalue weighted by molar-refractivity contribution is -0.141. The monoisotopic (exact) mass is 272 g/mol. The molecule has 6 heteroatoms. The summed E-state index contributed by atoms with van der Waals surface area (Å²) in [5.41, 5.74) is -0.479. The molecular weight excluding hydrogens is 248 g/mol. The number of hydrogen-bond acceptors (Lipinski definition) is 3. The van der Waals surface area contributed by atoms with Gasteiger partial charge in [-0.05, 0) is 6.42 Å². The highest BCUT2D eigenvalue weighted by Gasteiger charge is 2.21. The van der Waals surface area contributed by atoms with Crippen molar-refractivity contribution in [1.29, 1.82) is 0 Å². The van der Waals surface area contributed by atoms with E-state index < -0.39 is 17.3 Å². The maximum absolute atomic E-state index is 11.5. The third kappa shape index (κ3) is 7.43. The van der Waals surface area contributed by atoms with Crippen LogP contribution in [0, 0.1) is 11.3 Å². The third-order valence-corrected chi connectivity index (χ3v) is 2.71. The lowest BCUT2D eigenvalue weighted by Crippen LogP contribution is -2.38. The molecule has 0 heterocycles. The number of carbonyl (C=O) groups excluding carboxylic acids is 2. The Kier molecular flexibility index (Phi) is 7.11. The molecule has 0 aromatic carbocycles. The van der Waals surface area contributed by atoms with Crippen molar-refractivity contribution in [3.63, 3.8) is 0 Å². The minimum atomic E-state index is -0.913. The molecule has 110 valence electrons. The van der Waals surface area contributed by atoms with Gasteiger partial charge >= 0.3 is 5.97 Å². The molecule has 0 aromatic rings. The Bertz CT molecular complexity index is 334. The van der Waals surface area contributed by atoms with E-state index in [0.717, 1.165) is 0 Å². The SMILES string of the molecule is CCC(CNC(=O)CCNC(=O)C(C)(C)C)C(=O)O. The number of carbonyl (C=O) groups is 3. The fraction of sp³-hybridized carbons (Fsp3) is 0.769. The highest BCUT2D eigenvalue weighted by Crippen LogP contribution is 2.12. The Morgan fingerprint density at radius 2 is 1.74 bits per heavy atom. The van der Waals surface area contributed by atoms with Crippen LogP contribution >= 0.6 is 0 Å². The van der Waals surface area contributed by atoms with Gasteiger partial charge in [-0.3, -0.25) is 14.4 Å². The van der Waals surface area contributed by atoms with Crippen molar-refractivity contribution in [3.8, 4) is 0 Å². The number of carboxylic acids is 1. The quantitative estimate of drug-likeness (QED) is 0.637. The van der Waals surface area contributed by atoms with Gasteiger partial charge in [0.05, 0.1) is 5.92 Å².